The van der Waals surface area contributed by atoms with Crippen LogP contribution in [0.2, 0.25) is 0 Å². The number of hydrogen-bond acceptors (Lipinski definition) is 2. The molecule has 1 aromatic rings. The van der Waals surface area contributed by atoms with E-state index in [1.807, 2.05) is 0 Å². The molecule has 0 amide bonds. The second-order valence-electron chi connectivity index (χ2n) is 3.70. The Morgan fingerprint density at radius 1 is 1.27 bits per heavy atom. The summed E-state index contributed by atoms with van der Waals surface area (Å²) in [6.07, 6.45) is 0.308. The molecule has 4 heteroatoms. The molecule has 2 rings (SSSR count). The molecular formula is C11H12F2O2. The number of aliphatic hydroxyl groups excluding tert-OH is 1. The molecule has 1 aliphatic heterocycles. The van der Waals surface area contributed by atoms with Crippen molar-refractivity contribution in [3.8, 4) is 0 Å². The van der Waals surface area contributed by atoms with Crippen LogP contribution in [-0.2, 0) is 4.74 Å². The summed E-state index contributed by atoms with van der Waals surface area (Å²) in [4.78, 5) is 0. The summed E-state index contributed by atoms with van der Waals surface area (Å²) in [6, 6.07) is 3.05. The number of ether oxygens (including phenoxy) is 1. The van der Waals surface area contributed by atoms with Crippen molar-refractivity contribution in [2.75, 3.05) is 6.61 Å². The van der Waals surface area contributed by atoms with Crippen LogP contribution in [0.15, 0.2) is 18.2 Å². The Hall–Kier alpha value is -1.00. The zero-order chi connectivity index (χ0) is 10.8. The van der Waals surface area contributed by atoms with Gasteiger partial charge in [-0.15, -0.1) is 0 Å². The maximum Gasteiger partial charge on any atom is 0.126 e. The lowest BCUT2D eigenvalue weighted by atomic mass is 10.0. The van der Waals surface area contributed by atoms with Crippen LogP contribution in [-0.4, -0.2) is 17.8 Å². The van der Waals surface area contributed by atoms with Gasteiger partial charge in [-0.1, -0.05) is 0 Å². The molecular weight excluding hydrogens is 202 g/mol. The van der Waals surface area contributed by atoms with Crippen molar-refractivity contribution in [3.05, 3.63) is 35.4 Å². The van der Waals surface area contributed by atoms with E-state index in [1.165, 1.54) is 0 Å². The predicted molar refractivity (Wildman–Crippen MR) is 50.3 cm³/mol. The lowest BCUT2D eigenvalue weighted by Crippen LogP contribution is -2.17. The summed E-state index contributed by atoms with van der Waals surface area (Å²) in [5, 5.41) is 9.81. The van der Waals surface area contributed by atoms with Crippen LogP contribution in [0.25, 0.3) is 0 Å². The molecule has 1 aromatic carbocycles. The van der Waals surface area contributed by atoms with Crippen molar-refractivity contribution in [2.45, 2.75) is 25.0 Å². The van der Waals surface area contributed by atoms with Gasteiger partial charge in [0.1, 0.15) is 17.7 Å². The lowest BCUT2D eigenvalue weighted by Gasteiger charge is -2.17. The standard InChI is InChI=1S/C11H12F2O2/c12-8-4-7(5-9(13)6-8)11(14)10-2-1-3-15-10/h4-6,10-11,14H,1-3H2. The number of aliphatic hydroxyl groups is 1. The molecule has 1 fully saturated rings. The fourth-order valence-corrected chi connectivity index (χ4v) is 1.81. The van der Waals surface area contributed by atoms with E-state index in [1.54, 1.807) is 0 Å². The average molecular weight is 214 g/mol. The molecule has 2 atom stereocenters. The Morgan fingerprint density at radius 3 is 2.47 bits per heavy atom. The topological polar surface area (TPSA) is 29.5 Å². The first kappa shape index (κ1) is 10.5. The Bertz CT molecular complexity index is 328. The van der Waals surface area contributed by atoms with Crippen LogP contribution >= 0.6 is 0 Å². The number of benzene rings is 1. The maximum absolute atomic E-state index is 12.9. The van der Waals surface area contributed by atoms with Crippen LogP contribution in [0.5, 0.6) is 0 Å². The van der Waals surface area contributed by atoms with E-state index in [9.17, 15) is 13.9 Å². The van der Waals surface area contributed by atoms with E-state index in [0.29, 0.717) is 6.61 Å². The first-order valence-corrected chi connectivity index (χ1v) is 4.92. The summed E-state index contributed by atoms with van der Waals surface area (Å²) in [5.41, 5.74) is 0.236. The third-order valence-corrected chi connectivity index (χ3v) is 2.54. The van der Waals surface area contributed by atoms with Crippen molar-refractivity contribution in [1.82, 2.24) is 0 Å². The van der Waals surface area contributed by atoms with Crippen LogP contribution in [0.4, 0.5) is 8.78 Å². The van der Waals surface area contributed by atoms with Gasteiger partial charge >= 0.3 is 0 Å². The Morgan fingerprint density at radius 2 is 1.93 bits per heavy atom. The third kappa shape index (κ3) is 2.33. The van der Waals surface area contributed by atoms with E-state index in [2.05, 4.69) is 0 Å². The Balaban J connectivity index is 2.20. The SMILES string of the molecule is OC(c1cc(F)cc(F)c1)C1CCCO1. The van der Waals surface area contributed by atoms with E-state index in [-0.39, 0.29) is 11.7 Å². The fraction of sp³-hybridized carbons (Fsp3) is 0.455. The maximum atomic E-state index is 12.9. The first-order chi connectivity index (χ1) is 7.16. The second-order valence-corrected chi connectivity index (χ2v) is 3.70. The monoisotopic (exact) mass is 214 g/mol. The van der Waals surface area contributed by atoms with Crippen LogP contribution < -0.4 is 0 Å². The number of rotatable bonds is 2. The Kier molecular flexibility index (Phi) is 2.98. The van der Waals surface area contributed by atoms with Crippen molar-refractivity contribution in [1.29, 1.82) is 0 Å². The van der Waals surface area contributed by atoms with Gasteiger partial charge in [-0.05, 0) is 30.5 Å². The van der Waals surface area contributed by atoms with Gasteiger partial charge in [-0.25, -0.2) is 8.78 Å². The second kappa shape index (κ2) is 4.24. The molecule has 1 N–H and O–H groups in total. The van der Waals surface area contributed by atoms with Crippen molar-refractivity contribution >= 4 is 0 Å². The minimum Gasteiger partial charge on any atom is -0.386 e. The summed E-state index contributed by atoms with van der Waals surface area (Å²) < 4.78 is 31.0. The molecule has 0 bridgehead atoms. The van der Waals surface area contributed by atoms with Gasteiger partial charge in [-0.2, -0.15) is 0 Å². The average Bonchev–Trinajstić information content (AvgIpc) is 2.67. The highest BCUT2D eigenvalue weighted by Gasteiger charge is 2.25. The number of hydrogen-bond donors (Lipinski definition) is 1. The van der Waals surface area contributed by atoms with Gasteiger partial charge in [0.05, 0.1) is 6.10 Å². The smallest absolute Gasteiger partial charge is 0.126 e. The van der Waals surface area contributed by atoms with Crippen LogP contribution in [0.1, 0.15) is 24.5 Å². The highest BCUT2D eigenvalue weighted by molar-refractivity contribution is 5.21. The molecule has 82 valence electrons. The highest BCUT2D eigenvalue weighted by Crippen LogP contribution is 2.27. The molecule has 0 radical (unpaired) electrons. The van der Waals surface area contributed by atoms with Gasteiger partial charge in [0.25, 0.3) is 0 Å². The minimum atomic E-state index is -0.947. The summed E-state index contributed by atoms with van der Waals surface area (Å²) >= 11 is 0. The first-order valence-electron chi connectivity index (χ1n) is 4.92. The van der Waals surface area contributed by atoms with Gasteiger partial charge in [0, 0.05) is 12.7 Å². The molecule has 1 saturated heterocycles. The molecule has 0 spiro atoms. The van der Waals surface area contributed by atoms with Crippen molar-refractivity contribution in [2.24, 2.45) is 0 Å². The molecule has 0 saturated carbocycles. The Labute approximate surface area is 86.5 Å². The van der Waals surface area contributed by atoms with E-state index >= 15 is 0 Å². The van der Waals surface area contributed by atoms with Crippen LogP contribution in [0.3, 0.4) is 0 Å². The zero-order valence-corrected chi connectivity index (χ0v) is 8.12. The molecule has 15 heavy (non-hydrogen) atoms. The fourth-order valence-electron chi connectivity index (χ4n) is 1.81. The summed E-state index contributed by atoms with van der Waals surface area (Å²) in [6.45, 7) is 0.597. The molecule has 0 aromatic heterocycles. The predicted octanol–water partition coefficient (Wildman–Crippen LogP) is 2.18. The molecule has 0 aliphatic carbocycles. The van der Waals surface area contributed by atoms with E-state index in [0.717, 1.165) is 31.0 Å². The summed E-state index contributed by atoms with van der Waals surface area (Å²) in [5.74, 6) is -1.36. The van der Waals surface area contributed by atoms with Crippen LogP contribution in [0, 0.1) is 11.6 Å². The molecule has 2 unspecified atom stereocenters. The van der Waals surface area contributed by atoms with Crippen molar-refractivity contribution in [3.63, 3.8) is 0 Å². The minimum absolute atomic E-state index is 0.236. The quantitative estimate of drug-likeness (QED) is 0.817. The molecule has 1 heterocycles. The largest absolute Gasteiger partial charge is 0.386 e. The van der Waals surface area contributed by atoms with Gasteiger partial charge in [-0.3, -0.25) is 0 Å². The lowest BCUT2D eigenvalue weighted by molar-refractivity contribution is -0.00285. The van der Waals surface area contributed by atoms with Crippen molar-refractivity contribution < 1.29 is 18.6 Å². The number of halogens is 2. The van der Waals surface area contributed by atoms with E-state index < -0.39 is 17.7 Å². The van der Waals surface area contributed by atoms with Gasteiger partial charge < -0.3 is 9.84 Å². The van der Waals surface area contributed by atoms with Gasteiger partial charge in [0.2, 0.25) is 0 Å². The molecule has 1 aliphatic rings. The summed E-state index contributed by atoms with van der Waals surface area (Å²) in [7, 11) is 0. The normalized spacial score (nSPS) is 23.0. The van der Waals surface area contributed by atoms with E-state index in [4.69, 9.17) is 4.74 Å². The zero-order valence-electron chi connectivity index (χ0n) is 8.12. The highest BCUT2D eigenvalue weighted by atomic mass is 19.1. The van der Waals surface area contributed by atoms with Gasteiger partial charge in [0.15, 0.2) is 0 Å². The third-order valence-electron chi connectivity index (χ3n) is 2.54. The molecule has 2 nitrogen and oxygen atoms in total.